The minimum Gasteiger partial charge on any atom is -0.508 e. The fraction of sp³-hybridized carbons (Fsp3) is 0.200. The molecule has 0 atom stereocenters. The van der Waals surface area contributed by atoms with Crippen molar-refractivity contribution in [3.63, 3.8) is 0 Å². The summed E-state index contributed by atoms with van der Waals surface area (Å²) in [6, 6.07) is 8.72. The van der Waals surface area contributed by atoms with E-state index in [9.17, 15) is 14.7 Å². The number of urea groups is 1. The molecule has 10 heteroatoms. The molecule has 1 saturated heterocycles. The molecule has 1 saturated carbocycles. The van der Waals surface area contributed by atoms with Crippen LogP contribution in [0.1, 0.15) is 24.0 Å². The molecule has 3 aromatic rings. The van der Waals surface area contributed by atoms with Gasteiger partial charge in [-0.2, -0.15) is 9.61 Å². The summed E-state index contributed by atoms with van der Waals surface area (Å²) in [6.45, 7) is 0.476. The van der Waals surface area contributed by atoms with Crippen LogP contribution in [0.5, 0.6) is 5.75 Å². The van der Waals surface area contributed by atoms with Crippen molar-refractivity contribution in [2.45, 2.75) is 25.4 Å². The molecule has 3 heterocycles. The van der Waals surface area contributed by atoms with Crippen molar-refractivity contribution in [2.75, 3.05) is 10.6 Å². The number of hydrogen-bond acceptors (Lipinski definition) is 7. The van der Waals surface area contributed by atoms with Gasteiger partial charge in [0.25, 0.3) is 5.91 Å². The molecular weight excluding hydrogens is 386 g/mol. The first-order valence-electron chi connectivity index (χ1n) is 9.56. The van der Waals surface area contributed by atoms with Gasteiger partial charge in [0.05, 0.1) is 6.20 Å². The molecule has 0 spiro atoms. The maximum absolute atomic E-state index is 11.9. The third-order valence-corrected chi connectivity index (χ3v) is 4.83. The van der Waals surface area contributed by atoms with E-state index in [1.807, 2.05) is 12.1 Å². The summed E-state index contributed by atoms with van der Waals surface area (Å²) in [6.07, 6.45) is 5.35. The van der Waals surface area contributed by atoms with Gasteiger partial charge in [0.1, 0.15) is 23.1 Å². The van der Waals surface area contributed by atoms with E-state index in [2.05, 4.69) is 31.3 Å². The standard InChI is InChI=1S/C20H19N7O3/c28-14-3-1-2-11(6-14)9-21-16-8-17(23-13-4-5-13)27-18(25-16)12(10-22-27)7-15-19(29)26-20(30)24-15/h1-3,6-8,10,13,23,28H,4-5,9H2,(H,21,25)(H2,24,26,29,30)/b15-7-. The van der Waals surface area contributed by atoms with Gasteiger partial charge < -0.3 is 21.1 Å². The van der Waals surface area contributed by atoms with E-state index >= 15 is 0 Å². The average molecular weight is 405 g/mol. The third-order valence-electron chi connectivity index (χ3n) is 4.83. The lowest BCUT2D eigenvalue weighted by atomic mass is 10.2. The number of fused-ring (bicyclic) bond motifs is 1. The predicted octanol–water partition coefficient (Wildman–Crippen LogP) is 1.80. The number of hydrogen-bond donors (Lipinski definition) is 5. The molecule has 1 aromatic carbocycles. The quantitative estimate of drug-likeness (QED) is 0.312. The average Bonchev–Trinajstić information content (AvgIpc) is 3.35. The molecule has 2 aromatic heterocycles. The Morgan fingerprint density at radius 2 is 2.10 bits per heavy atom. The number of imide groups is 1. The van der Waals surface area contributed by atoms with Crippen LogP contribution in [0.2, 0.25) is 0 Å². The lowest BCUT2D eigenvalue weighted by Crippen LogP contribution is -2.22. The number of phenols is 1. The van der Waals surface area contributed by atoms with Gasteiger partial charge in [-0.15, -0.1) is 0 Å². The number of carbonyl (C=O) groups is 2. The highest BCUT2D eigenvalue weighted by atomic mass is 16.3. The Balaban J connectivity index is 1.50. The number of anilines is 2. The summed E-state index contributed by atoms with van der Waals surface area (Å²) in [5.41, 5.74) is 2.20. The summed E-state index contributed by atoms with van der Waals surface area (Å²) in [7, 11) is 0. The van der Waals surface area contributed by atoms with E-state index in [1.165, 1.54) is 0 Å². The van der Waals surface area contributed by atoms with Crippen molar-refractivity contribution < 1.29 is 14.7 Å². The largest absolute Gasteiger partial charge is 0.508 e. The van der Waals surface area contributed by atoms with Gasteiger partial charge in [0, 0.05) is 24.2 Å². The Morgan fingerprint density at radius 3 is 2.83 bits per heavy atom. The molecule has 5 N–H and O–H groups in total. The predicted molar refractivity (Wildman–Crippen MR) is 110 cm³/mol. The minimum atomic E-state index is -0.555. The molecule has 0 bridgehead atoms. The highest BCUT2D eigenvalue weighted by Gasteiger charge is 2.25. The van der Waals surface area contributed by atoms with E-state index in [-0.39, 0.29) is 11.4 Å². The van der Waals surface area contributed by atoms with Crippen LogP contribution >= 0.6 is 0 Å². The number of phenolic OH excluding ortho intramolecular Hbond substituents is 1. The number of carbonyl (C=O) groups excluding carboxylic acids is 2. The van der Waals surface area contributed by atoms with Crippen LogP contribution < -0.4 is 21.3 Å². The van der Waals surface area contributed by atoms with E-state index in [0.717, 1.165) is 24.2 Å². The SMILES string of the molecule is O=C1NC(=O)/C(=C/c2cnn3c(NC4CC4)cc(NCc4cccc(O)c4)nc23)N1. The molecule has 10 nitrogen and oxygen atoms in total. The Morgan fingerprint density at radius 1 is 1.23 bits per heavy atom. The molecule has 1 aliphatic carbocycles. The van der Waals surface area contributed by atoms with Crippen LogP contribution in [-0.4, -0.2) is 37.7 Å². The zero-order valence-electron chi connectivity index (χ0n) is 15.8. The number of amides is 3. The second-order valence-electron chi connectivity index (χ2n) is 7.27. The number of benzene rings is 1. The molecule has 2 fully saturated rings. The van der Waals surface area contributed by atoms with Gasteiger partial charge in [-0.05, 0) is 36.6 Å². The Bertz CT molecular complexity index is 1200. The van der Waals surface area contributed by atoms with E-state index in [4.69, 9.17) is 0 Å². The van der Waals surface area contributed by atoms with Crippen molar-refractivity contribution in [3.8, 4) is 5.75 Å². The molecule has 152 valence electrons. The monoisotopic (exact) mass is 405 g/mol. The van der Waals surface area contributed by atoms with Crippen LogP contribution in [0, 0.1) is 0 Å². The number of nitrogens with one attached hydrogen (secondary N) is 4. The minimum absolute atomic E-state index is 0.145. The number of aromatic nitrogens is 3. The number of nitrogens with zero attached hydrogens (tertiary/aromatic N) is 3. The second kappa shape index (κ2) is 7.07. The topological polar surface area (TPSA) is 133 Å². The van der Waals surface area contributed by atoms with Crippen molar-refractivity contribution >= 4 is 35.3 Å². The van der Waals surface area contributed by atoms with Gasteiger partial charge >= 0.3 is 6.03 Å². The van der Waals surface area contributed by atoms with E-state index in [1.54, 1.807) is 35.0 Å². The summed E-state index contributed by atoms with van der Waals surface area (Å²) in [5.74, 6) is 1.11. The number of rotatable bonds is 6. The first-order valence-corrected chi connectivity index (χ1v) is 9.56. The normalized spacial score (nSPS) is 17.3. The summed E-state index contributed by atoms with van der Waals surface area (Å²) >= 11 is 0. The summed E-state index contributed by atoms with van der Waals surface area (Å²) in [5, 5.41) is 25.4. The van der Waals surface area contributed by atoms with Crippen molar-refractivity contribution in [2.24, 2.45) is 0 Å². The maximum Gasteiger partial charge on any atom is 0.326 e. The molecule has 2 aliphatic rings. The third kappa shape index (κ3) is 3.62. The molecule has 0 unspecified atom stereocenters. The van der Waals surface area contributed by atoms with Gasteiger partial charge in [-0.25, -0.2) is 9.78 Å². The Kier molecular flexibility index (Phi) is 4.24. The summed E-state index contributed by atoms with van der Waals surface area (Å²) < 4.78 is 1.68. The highest BCUT2D eigenvalue weighted by Crippen LogP contribution is 2.27. The zero-order chi connectivity index (χ0) is 20.7. The van der Waals surface area contributed by atoms with E-state index in [0.29, 0.717) is 29.6 Å². The van der Waals surface area contributed by atoms with Gasteiger partial charge in [0.2, 0.25) is 0 Å². The molecule has 0 radical (unpaired) electrons. The van der Waals surface area contributed by atoms with Crippen molar-refractivity contribution in [1.29, 1.82) is 0 Å². The lowest BCUT2D eigenvalue weighted by molar-refractivity contribution is -0.115. The van der Waals surface area contributed by atoms with Crippen LogP contribution in [0.4, 0.5) is 16.4 Å². The summed E-state index contributed by atoms with van der Waals surface area (Å²) in [4.78, 5) is 27.9. The van der Waals surface area contributed by atoms with Gasteiger partial charge in [-0.1, -0.05) is 12.1 Å². The fourth-order valence-corrected chi connectivity index (χ4v) is 3.21. The fourth-order valence-electron chi connectivity index (χ4n) is 3.21. The van der Waals surface area contributed by atoms with Crippen molar-refractivity contribution in [1.82, 2.24) is 25.2 Å². The van der Waals surface area contributed by atoms with Crippen LogP contribution in [-0.2, 0) is 11.3 Å². The van der Waals surface area contributed by atoms with Crippen molar-refractivity contribution in [3.05, 3.63) is 53.4 Å². The molecule has 1 aliphatic heterocycles. The zero-order valence-corrected chi connectivity index (χ0v) is 15.8. The highest BCUT2D eigenvalue weighted by molar-refractivity contribution is 6.14. The molecular formula is C20H19N7O3. The van der Waals surface area contributed by atoms with Crippen LogP contribution in [0.25, 0.3) is 11.7 Å². The van der Waals surface area contributed by atoms with E-state index < -0.39 is 11.9 Å². The Labute approximate surface area is 171 Å². The lowest BCUT2D eigenvalue weighted by Gasteiger charge is -2.12. The van der Waals surface area contributed by atoms with Gasteiger partial charge in [-0.3, -0.25) is 10.1 Å². The first-order chi connectivity index (χ1) is 14.5. The Hall–Kier alpha value is -4.08. The van der Waals surface area contributed by atoms with Gasteiger partial charge in [0.15, 0.2) is 5.65 Å². The first kappa shape index (κ1) is 18.0. The second-order valence-corrected chi connectivity index (χ2v) is 7.27. The van der Waals surface area contributed by atoms with Crippen LogP contribution in [0.15, 0.2) is 42.2 Å². The number of aromatic hydroxyl groups is 1. The molecule has 5 rings (SSSR count). The molecule has 30 heavy (non-hydrogen) atoms. The molecule has 3 amide bonds. The smallest absolute Gasteiger partial charge is 0.326 e. The maximum atomic E-state index is 11.9. The van der Waals surface area contributed by atoms with Crippen LogP contribution in [0.3, 0.4) is 0 Å².